The first-order chi connectivity index (χ1) is 5.27. The van der Waals surface area contributed by atoms with Crippen LogP contribution in [0, 0.1) is 0 Å². The van der Waals surface area contributed by atoms with Gasteiger partial charge in [-0.1, -0.05) is 31.5 Å². The van der Waals surface area contributed by atoms with Gasteiger partial charge in [-0.15, -0.1) is 11.8 Å². The van der Waals surface area contributed by atoms with E-state index in [1.165, 1.54) is 0 Å². The lowest BCUT2D eigenvalue weighted by atomic mass is 10.3. The summed E-state index contributed by atoms with van der Waals surface area (Å²) in [5, 5.41) is 3.07. The molecule has 3 heteroatoms. The fourth-order valence-corrected chi connectivity index (χ4v) is 1.84. The van der Waals surface area contributed by atoms with E-state index in [1.807, 2.05) is 6.08 Å². The van der Waals surface area contributed by atoms with Crippen LogP contribution in [0.4, 0.5) is 0 Å². The molecule has 1 nitrogen and oxygen atoms in total. The number of rotatable bonds is 2. The Morgan fingerprint density at radius 2 is 2.18 bits per heavy atom. The second-order valence-electron chi connectivity index (χ2n) is 2.02. The lowest BCUT2D eigenvalue weighted by Gasteiger charge is -2.17. The van der Waals surface area contributed by atoms with E-state index in [0.29, 0.717) is 0 Å². The minimum atomic E-state index is 0.841. The van der Waals surface area contributed by atoms with Gasteiger partial charge in [-0.3, -0.25) is 0 Å². The molecule has 1 N–H and O–H groups in total. The van der Waals surface area contributed by atoms with Crippen LogP contribution in [0.5, 0.6) is 0 Å². The topological polar surface area (TPSA) is 12.0 Å². The van der Waals surface area contributed by atoms with Gasteiger partial charge in [0.2, 0.25) is 0 Å². The molecule has 0 spiro atoms. The van der Waals surface area contributed by atoms with Gasteiger partial charge in [0.05, 0.1) is 10.7 Å². The van der Waals surface area contributed by atoms with Crippen LogP contribution in [-0.2, 0) is 0 Å². The van der Waals surface area contributed by atoms with Gasteiger partial charge in [-0.25, -0.2) is 0 Å². The quantitative estimate of drug-likeness (QED) is 0.659. The lowest BCUT2D eigenvalue weighted by Crippen LogP contribution is -2.26. The molecule has 0 aromatic rings. The van der Waals surface area contributed by atoms with Crippen LogP contribution in [0.25, 0.3) is 0 Å². The Balaban J connectivity index is 2.91. The fraction of sp³-hybridized carbons (Fsp3) is 0.125. The van der Waals surface area contributed by atoms with Crippen molar-refractivity contribution in [2.45, 2.75) is 0 Å². The standard InChI is InChI=1S/C8H9NS2/c1-3-6-7(4-2)11-5-8(10)9-6/h3-4H,1-2,5H2,(H,9,10). The third-order valence-corrected chi connectivity index (χ3v) is 2.85. The molecule has 0 aromatic carbocycles. The summed E-state index contributed by atoms with van der Waals surface area (Å²) in [7, 11) is 0. The molecule has 0 fully saturated rings. The van der Waals surface area contributed by atoms with Gasteiger partial charge in [0, 0.05) is 10.7 Å². The van der Waals surface area contributed by atoms with Crippen LogP contribution in [0.1, 0.15) is 0 Å². The molecule has 58 valence electrons. The van der Waals surface area contributed by atoms with E-state index in [0.717, 1.165) is 21.3 Å². The molecule has 0 saturated carbocycles. The molecule has 0 amide bonds. The minimum absolute atomic E-state index is 0.841. The Hall–Kier alpha value is -0.540. The molecule has 0 aromatic heterocycles. The summed E-state index contributed by atoms with van der Waals surface area (Å²) in [6.45, 7) is 7.37. The predicted octanol–water partition coefficient (Wildman–Crippen LogP) is 2.23. The number of thiocarbonyl (C=S) groups is 1. The van der Waals surface area contributed by atoms with Crippen molar-refractivity contribution in [3.8, 4) is 0 Å². The summed E-state index contributed by atoms with van der Waals surface area (Å²) in [6, 6.07) is 0. The number of thioether (sulfide) groups is 1. The average molecular weight is 183 g/mol. The zero-order chi connectivity index (χ0) is 8.27. The van der Waals surface area contributed by atoms with E-state index in [1.54, 1.807) is 17.8 Å². The Kier molecular flexibility index (Phi) is 2.91. The predicted molar refractivity (Wildman–Crippen MR) is 55.6 cm³/mol. The van der Waals surface area contributed by atoms with Crippen molar-refractivity contribution in [1.29, 1.82) is 0 Å². The molecular weight excluding hydrogens is 174 g/mol. The zero-order valence-electron chi connectivity index (χ0n) is 6.09. The Morgan fingerprint density at radius 1 is 1.45 bits per heavy atom. The third-order valence-electron chi connectivity index (χ3n) is 1.29. The molecule has 0 radical (unpaired) electrons. The number of hydrogen-bond donors (Lipinski definition) is 1. The number of hydrogen-bond acceptors (Lipinski definition) is 2. The molecular formula is C8H9NS2. The SMILES string of the molecule is C=CC1=C(C=C)SCC(=S)N1. The van der Waals surface area contributed by atoms with E-state index in [4.69, 9.17) is 12.2 Å². The van der Waals surface area contributed by atoms with Gasteiger partial charge in [0.1, 0.15) is 0 Å². The third kappa shape index (κ3) is 1.94. The summed E-state index contributed by atoms with van der Waals surface area (Å²) >= 11 is 6.69. The molecule has 0 saturated heterocycles. The van der Waals surface area contributed by atoms with E-state index in [-0.39, 0.29) is 0 Å². The van der Waals surface area contributed by atoms with Gasteiger partial charge in [-0.2, -0.15) is 0 Å². The van der Waals surface area contributed by atoms with Gasteiger partial charge in [0.15, 0.2) is 0 Å². The molecule has 1 heterocycles. The van der Waals surface area contributed by atoms with Crippen molar-refractivity contribution in [3.05, 3.63) is 35.9 Å². The van der Waals surface area contributed by atoms with Crippen LogP contribution >= 0.6 is 24.0 Å². The van der Waals surface area contributed by atoms with Crippen molar-refractivity contribution in [2.24, 2.45) is 0 Å². The van der Waals surface area contributed by atoms with Crippen LogP contribution in [0.2, 0.25) is 0 Å². The monoisotopic (exact) mass is 183 g/mol. The van der Waals surface area contributed by atoms with Crippen LogP contribution in [0.3, 0.4) is 0 Å². The molecule has 1 rings (SSSR count). The second kappa shape index (κ2) is 3.74. The van der Waals surface area contributed by atoms with E-state index in [9.17, 15) is 0 Å². The first kappa shape index (κ1) is 8.56. The van der Waals surface area contributed by atoms with E-state index in [2.05, 4.69) is 18.5 Å². The highest BCUT2D eigenvalue weighted by Crippen LogP contribution is 2.24. The van der Waals surface area contributed by atoms with Crippen molar-refractivity contribution in [3.63, 3.8) is 0 Å². The summed E-state index contributed by atoms with van der Waals surface area (Å²) in [5.41, 5.74) is 0.973. The molecule has 1 aliphatic heterocycles. The van der Waals surface area contributed by atoms with E-state index < -0.39 is 0 Å². The fourth-order valence-electron chi connectivity index (χ4n) is 0.789. The maximum Gasteiger partial charge on any atom is 0.0901 e. The first-order valence-corrected chi connectivity index (χ1v) is 4.59. The second-order valence-corrected chi connectivity index (χ2v) is 3.53. The molecule has 0 atom stereocenters. The van der Waals surface area contributed by atoms with Gasteiger partial charge >= 0.3 is 0 Å². The first-order valence-electron chi connectivity index (χ1n) is 3.19. The van der Waals surface area contributed by atoms with Gasteiger partial charge in [0.25, 0.3) is 0 Å². The maximum atomic E-state index is 5.00. The summed E-state index contributed by atoms with van der Waals surface area (Å²) in [5.74, 6) is 0.841. The van der Waals surface area contributed by atoms with Gasteiger partial charge < -0.3 is 5.32 Å². The molecule has 0 aliphatic carbocycles. The van der Waals surface area contributed by atoms with E-state index >= 15 is 0 Å². The number of nitrogens with one attached hydrogen (secondary N) is 1. The molecule has 0 bridgehead atoms. The van der Waals surface area contributed by atoms with Crippen LogP contribution < -0.4 is 5.32 Å². The van der Waals surface area contributed by atoms with Crippen molar-refractivity contribution in [1.82, 2.24) is 5.32 Å². The normalized spacial score (nSPS) is 17.6. The molecule has 1 aliphatic rings. The Labute approximate surface area is 76.3 Å². The summed E-state index contributed by atoms with van der Waals surface area (Å²) < 4.78 is 0. The smallest absolute Gasteiger partial charge is 0.0901 e. The Bertz CT molecular complexity index is 240. The average Bonchev–Trinajstić information content (AvgIpc) is 2.04. The van der Waals surface area contributed by atoms with Crippen molar-refractivity contribution >= 4 is 29.0 Å². The Morgan fingerprint density at radius 3 is 2.73 bits per heavy atom. The highest BCUT2D eigenvalue weighted by molar-refractivity contribution is 8.04. The largest absolute Gasteiger partial charge is 0.348 e. The van der Waals surface area contributed by atoms with Gasteiger partial charge in [-0.05, 0) is 6.08 Å². The highest BCUT2D eigenvalue weighted by atomic mass is 32.2. The minimum Gasteiger partial charge on any atom is -0.348 e. The van der Waals surface area contributed by atoms with Crippen molar-refractivity contribution in [2.75, 3.05) is 5.75 Å². The van der Waals surface area contributed by atoms with Crippen molar-refractivity contribution < 1.29 is 0 Å². The molecule has 0 unspecified atom stereocenters. The summed E-state index contributed by atoms with van der Waals surface area (Å²) in [6.07, 6.45) is 3.58. The van der Waals surface area contributed by atoms with Crippen LogP contribution in [-0.4, -0.2) is 10.7 Å². The van der Waals surface area contributed by atoms with Crippen LogP contribution in [0.15, 0.2) is 35.9 Å². The maximum absolute atomic E-state index is 5.00. The molecule has 11 heavy (non-hydrogen) atoms. The zero-order valence-corrected chi connectivity index (χ0v) is 7.73. The number of allylic oxidation sites excluding steroid dienone is 2. The summed E-state index contributed by atoms with van der Waals surface area (Å²) in [4.78, 5) is 1.98. The lowest BCUT2D eigenvalue weighted by molar-refractivity contribution is 1.18. The highest BCUT2D eigenvalue weighted by Gasteiger charge is 2.10.